The Bertz CT molecular complexity index is 706. The number of hydrogen-bond acceptors (Lipinski definition) is 4. The average molecular weight is 317 g/mol. The minimum atomic E-state index is -0.467. The Morgan fingerprint density at radius 1 is 1.13 bits per heavy atom. The summed E-state index contributed by atoms with van der Waals surface area (Å²) in [5, 5.41) is 16.4. The summed E-state index contributed by atoms with van der Waals surface area (Å²) in [7, 11) is 0. The van der Waals surface area contributed by atoms with Gasteiger partial charge in [-0.05, 0) is 23.8 Å². The topological polar surface area (TPSA) is 84.3 Å². The predicted octanol–water partition coefficient (Wildman–Crippen LogP) is 2.50. The van der Waals surface area contributed by atoms with Gasteiger partial charge in [0.25, 0.3) is 5.69 Å². The molecule has 2 aromatic rings. The highest BCUT2D eigenvalue weighted by Gasteiger charge is 2.11. The van der Waals surface area contributed by atoms with E-state index in [-0.39, 0.29) is 23.8 Å². The zero-order valence-corrected chi connectivity index (χ0v) is 12.3. The average Bonchev–Trinajstić information content (AvgIpc) is 2.52. The fraction of sp³-hybridized carbons (Fsp3) is 0.188. The summed E-state index contributed by atoms with van der Waals surface area (Å²) in [5.74, 6) is -0.617. The lowest BCUT2D eigenvalue weighted by Gasteiger charge is -2.08. The second kappa shape index (κ2) is 7.88. The standard InChI is InChI=1S/C16H16FN3O3/c17-13-5-3-4-12(10-13)11-16(21)19-9-8-18-14-6-1-2-7-15(14)20(22)23/h1-7,10,18H,8-9,11H2,(H,19,21). The molecule has 0 saturated carbocycles. The summed E-state index contributed by atoms with van der Waals surface area (Å²) >= 11 is 0. The van der Waals surface area contributed by atoms with Crippen LogP contribution in [0.3, 0.4) is 0 Å². The molecule has 0 aliphatic rings. The van der Waals surface area contributed by atoms with Crippen LogP contribution in [0.15, 0.2) is 48.5 Å². The second-order valence-electron chi connectivity index (χ2n) is 4.86. The van der Waals surface area contributed by atoms with E-state index in [0.29, 0.717) is 24.3 Å². The van der Waals surface area contributed by atoms with Crippen LogP contribution in [0.2, 0.25) is 0 Å². The predicted molar refractivity (Wildman–Crippen MR) is 84.7 cm³/mol. The molecule has 0 spiro atoms. The first-order valence-electron chi connectivity index (χ1n) is 7.04. The Hall–Kier alpha value is -2.96. The molecule has 7 heteroatoms. The van der Waals surface area contributed by atoms with E-state index in [1.165, 1.54) is 18.2 Å². The summed E-state index contributed by atoms with van der Waals surface area (Å²) < 4.78 is 13.0. The van der Waals surface area contributed by atoms with Gasteiger partial charge in [-0.1, -0.05) is 24.3 Å². The van der Waals surface area contributed by atoms with Gasteiger partial charge in [-0.2, -0.15) is 0 Å². The summed E-state index contributed by atoms with van der Waals surface area (Å²) in [5.41, 5.74) is 0.977. The van der Waals surface area contributed by atoms with Crippen molar-refractivity contribution < 1.29 is 14.1 Å². The molecule has 0 fully saturated rings. The number of rotatable bonds is 7. The van der Waals surface area contributed by atoms with Gasteiger partial charge in [0.05, 0.1) is 11.3 Å². The van der Waals surface area contributed by atoms with E-state index in [2.05, 4.69) is 10.6 Å². The van der Waals surface area contributed by atoms with E-state index in [4.69, 9.17) is 0 Å². The van der Waals surface area contributed by atoms with Crippen molar-refractivity contribution in [3.8, 4) is 0 Å². The number of carbonyl (C=O) groups is 1. The van der Waals surface area contributed by atoms with Crippen LogP contribution in [0.4, 0.5) is 15.8 Å². The Morgan fingerprint density at radius 3 is 2.65 bits per heavy atom. The van der Waals surface area contributed by atoms with Crippen LogP contribution in [0.5, 0.6) is 0 Å². The first-order chi connectivity index (χ1) is 11.1. The van der Waals surface area contributed by atoms with E-state index in [1.807, 2.05) is 0 Å². The number of hydrogen-bond donors (Lipinski definition) is 2. The van der Waals surface area contributed by atoms with Crippen molar-refractivity contribution in [3.63, 3.8) is 0 Å². The summed E-state index contributed by atoms with van der Waals surface area (Å²) in [4.78, 5) is 22.1. The molecule has 0 saturated heterocycles. The number of halogens is 1. The molecule has 6 nitrogen and oxygen atoms in total. The van der Waals surface area contributed by atoms with Crippen LogP contribution >= 0.6 is 0 Å². The Labute approximate surface area is 132 Å². The van der Waals surface area contributed by atoms with Crippen molar-refractivity contribution in [1.29, 1.82) is 0 Å². The molecular weight excluding hydrogens is 301 g/mol. The first kappa shape index (κ1) is 16.4. The number of nitro groups is 1. The van der Waals surface area contributed by atoms with Gasteiger partial charge in [0.15, 0.2) is 0 Å². The van der Waals surface area contributed by atoms with Gasteiger partial charge in [-0.15, -0.1) is 0 Å². The highest BCUT2D eigenvalue weighted by Crippen LogP contribution is 2.22. The maximum absolute atomic E-state index is 13.0. The number of nitrogens with one attached hydrogen (secondary N) is 2. The van der Waals surface area contributed by atoms with Gasteiger partial charge in [0.2, 0.25) is 5.91 Å². The van der Waals surface area contributed by atoms with Gasteiger partial charge in [-0.3, -0.25) is 14.9 Å². The molecule has 0 aromatic heterocycles. The van der Waals surface area contributed by atoms with Crippen molar-refractivity contribution >= 4 is 17.3 Å². The quantitative estimate of drug-likeness (QED) is 0.467. The lowest BCUT2D eigenvalue weighted by Crippen LogP contribution is -2.30. The summed E-state index contributed by atoms with van der Waals surface area (Å²) in [6.45, 7) is 0.653. The molecule has 0 unspecified atom stereocenters. The largest absolute Gasteiger partial charge is 0.378 e. The molecule has 2 rings (SSSR count). The summed E-state index contributed by atoms with van der Waals surface area (Å²) in [6.07, 6.45) is 0.0866. The van der Waals surface area contributed by atoms with E-state index in [0.717, 1.165) is 0 Å². The van der Waals surface area contributed by atoms with E-state index in [1.54, 1.807) is 30.3 Å². The fourth-order valence-corrected chi connectivity index (χ4v) is 2.08. The zero-order valence-electron chi connectivity index (χ0n) is 12.3. The number of para-hydroxylation sites is 2. The van der Waals surface area contributed by atoms with Crippen LogP contribution in [-0.4, -0.2) is 23.9 Å². The summed E-state index contributed by atoms with van der Waals surface area (Å²) in [6, 6.07) is 12.1. The molecule has 2 aromatic carbocycles. The molecule has 0 atom stereocenters. The monoisotopic (exact) mass is 317 g/mol. The van der Waals surface area contributed by atoms with Gasteiger partial charge in [-0.25, -0.2) is 4.39 Å². The van der Waals surface area contributed by atoms with E-state index < -0.39 is 4.92 Å². The van der Waals surface area contributed by atoms with Crippen molar-refractivity contribution in [1.82, 2.24) is 5.32 Å². The molecule has 0 aliphatic heterocycles. The Morgan fingerprint density at radius 2 is 1.91 bits per heavy atom. The highest BCUT2D eigenvalue weighted by molar-refractivity contribution is 5.78. The number of nitro benzene ring substituents is 1. The molecule has 120 valence electrons. The normalized spacial score (nSPS) is 10.1. The Kier molecular flexibility index (Phi) is 5.62. The van der Waals surface area contributed by atoms with Gasteiger partial charge in [0, 0.05) is 19.2 Å². The van der Waals surface area contributed by atoms with Crippen LogP contribution in [0, 0.1) is 15.9 Å². The highest BCUT2D eigenvalue weighted by atomic mass is 19.1. The lowest BCUT2D eigenvalue weighted by molar-refractivity contribution is -0.384. The van der Waals surface area contributed by atoms with Gasteiger partial charge >= 0.3 is 0 Å². The minimum absolute atomic E-state index is 0.0152. The SMILES string of the molecule is O=C(Cc1cccc(F)c1)NCCNc1ccccc1[N+](=O)[O-]. The smallest absolute Gasteiger partial charge is 0.292 e. The number of anilines is 1. The first-order valence-corrected chi connectivity index (χ1v) is 7.04. The van der Waals surface area contributed by atoms with Crippen LogP contribution in [0.1, 0.15) is 5.56 Å². The van der Waals surface area contributed by atoms with Crippen molar-refractivity contribution in [2.24, 2.45) is 0 Å². The fourth-order valence-electron chi connectivity index (χ4n) is 2.08. The number of benzene rings is 2. The van der Waals surface area contributed by atoms with E-state index in [9.17, 15) is 19.3 Å². The van der Waals surface area contributed by atoms with Crippen molar-refractivity contribution in [2.45, 2.75) is 6.42 Å². The zero-order chi connectivity index (χ0) is 16.7. The maximum Gasteiger partial charge on any atom is 0.292 e. The second-order valence-corrected chi connectivity index (χ2v) is 4.86. The van der Waals surface area contributed by atoms with Crippen LogP contribution in [0.25, 0.3) is 0 Å². The number of nitrogens with zero attached hydrogens (tertiary/aromatic N) is 1. The molecular formula is C16H16FN3O3. The molecule has 23 heavy (non-hydrogen) atoms. The molecule has 0 radical (unpaired) electrons. The van der Waals surface area contributed by atoms with Crippen molar-refractivity contribution in [2.75, 3.05) is 18.4 Å². The third-order valence-corrected chi connectivity index (χ3v) is 3.12. The molecule has 0 heterocycles. The lowest BCUT2D eigenvalue weighted by atomic mass is 10.1. The van der Waals surface area contributed by atoms with Crippen LogP contribution < -0.4 is 10.6 Å². The molecule has 0 aliphatic carbocycles. The molecule has 0 bridgehead atoms. The third kappa shape index (κ3) is 5.06. The van der Waals surface area contributed by atoms with Gasteiger partial charge < -0.3 is 10.6 Å². The number of carbonyl (C=O) groups excluding carboxylic acids is 1. The van der Waals surface area contributed by atoms with E-state index >= 15 is 0 Å². The minimum Gasteiger partial charge on any atom is -0.378 e. The van der Waals surface area contributed by atoms with Crippen molar-refractivity contribution in [3.05, 3.63) is 70.0 Å². The molecule has 2 N–H and O–H groups in total. The maximum atomic E-state index is 13.0. The Balaban J connectivity index is 1.77. The van der Waals surface area contributed by atoms with Gasteiger partial charge in [0.1, 0.15) is 11.5 Å². The third-order valence-electron chi connectivity index (χ3n) is 3.12. The number of amides is 1. The molecule has 1 amide bonds. The van der Waals surface area contributed by atoms with Crippen LogP contribution in [-0.2, 0) is 11.2 Å².